The first-order valence-corrected chi connectivity index (χ1v) is 11.6. The SMILES string of the molecule is COc1ccc(C2(C(=O)N3CC[C@]4(C3)CN(c3ccccc3)C(=O)CO4)CCOCC2)cc1. The highest BCUT2D eigenvalue weighted by Gasteiger charge is 2.51. The van der Waals surface area contributed by atoms with Gasteiger partial charge in [-0.05, 0) is 49.1 Å². The zero-order valence-corrected chi connectivity index (χ0v) is 19.0. The smallest absolute Gasteiger partial charge is 0.253 e. The molecule has 2 amide bonds. The minimum Gasteiger partial charge on any atom is -0.497 e. The van der Waals surface area contributed by atoms with Gasteiger partial charge in [-0.15, -0.1) is 0 Å². The van der Waals surface area contributed by atoms with Gasteiger partial charge in [0.15, 0.2) is 0 Å². The summed E-state index contributed by atoms with van der Waals surface area (Å²) in [7, 11) is 1.64. The van der Waals surface area contributed by atoms with Crippen LogP contribution in [0, 0.1) is 0 Å². The Hall–Kier alpha value is -2.90. The average molecular weight is 451 g/mol. The molecule has 3 aliphatic rings. The van der Waals surface area contributed by atoms with E-state index < -0.39 is 11.0 Å². The van der Waals surface area contributed by atoms with Crippen molar-refractivity contribution in [3.05, 3.63) is 60.2 Å². The van der Waals surface area contributed by atoms with E-state index in [9.17, 15) is 9.59 Å². The third kappa shape index (κ3) is 4.00. The van der Waals surface area contributed by atoms with Crippen molar-refractivity contribution in [3.63, 3.8) is 0 Å². The number of para-hydroxylation sites is 1. The number of nitrogens with zero attached hydrogens (tertiary/aromatic N) is 2. The Morgan fingerprint density at radius 1 is 0.970 bits per heavy atom. The van der Waals surface area contributed by atoms with E-state index in [0.29, 0.717) is 52.1 Å². The topological polar surface area (TPSA) is 68.3 Å². The molecule has 3 fully saturated rings. The van der Waals surface area contributed by atoms with Crippen molar-refractivity contribution in [2.45, 2.75) is 30.3 Å². The van der Waals surface area contributed by atoms with Crippen LogP contribution in [0.3, 0.4) is 0 Å². The number of methoxy groups -OCH3 is 1. The summed E-state index contributed by atoms with van der Waals surface area (Å²) in [6.07, 6.45) is 2.01. The molecule has 0 radical (unpaired) electrons. The second kappa shape index (κ2) is 8.80. The first-order valence-electron chi connectivity index (χ1n) is 11.6. The van der Waals surface area contributed by atoms with Crippen LogP contribution < -0.4 is 9.64 Å². The molecule has 0 aliphatic carbocycles. The number of ether oxygens (including phenoxy) is 3. The van der Waals surface area contributed by atoms with E-state index in [4.69, 9.17) is 14.2 Å². The second-order valence-electron chi connectivity index (χ2n) is 9.19. The average Bonchev–Trinajstić information content (AvgIpc) is 3.29. The molecule has 5 rings (SSSR count). The number of rotatable bonds is 4. The fourth-order valence-electron chi connectivity index (χ4n) is 5.38. The summed E-state index contributed by atoms with van der Waals surface area (Å²) in [5, 5.41) is 0. The lowest BCUT2D eigenvalue weighted by molar-refractivity contribution is -0.144. The summed E-state index contributed by atoms with van der Waals surface area (Å²) in [5.41, 5.74) is 0.725. The molecule has 1 atom stereocenters. The molecule has 3 heterocycles. The molecule has 0 unspecified atom stereocenters. The standard InChI is InChI=1S/C26H30N2O5/c1-31-22-9-7-20(8-10-22)26(12-15-32-16-13-26)24(30)27-14-11-25(18-27)19-28(23(29)17-33-25)21-5-3-2-4-6-21/h2-10H,11-19H2,1H3/t25-/m0/s1. The molecule has 33 heavy (non-hydrogen) atoms. The van der Waals surface area contributed by atoms with Gasteiger partial charge in [0, 0.05) is 25.4 Å². The number of carbonyl (C=O) groups excluding carboxylic acids is 2. The Balaban J connectivity index is 1.38. The number of hydrogen-bond acceptors (Lipinski definition) is 5. The molecular formula is C26H30N2O5. The summed E-state index contributed by atoms with van der Waals surface area (Å²) in [4.78, 5) is 30.3. The summed E-state index contributed by atoms with van der Waals surface area (Å²) in [6, 6.07) is 17.5. The van der Waals surface area contributed by atoms with Crippen molar-refractivity contribution >= 4 is 17.5 Å². The van der Waals surface area contributed by atoms with Gasteiger partial charge in [-0.3, -0.25) is 9.59 Å². The van der Waals surface area contributed by atoms with Crippen molar-refractivity contribution in [1.29, 1.82) is 0 Å². The first-order chi connectivity index (χ1) is 16.1. The fraction of sp³-hybridized carbons (Fsp3) is 0.462. The third-order valence-electron chi connectivity index (χ3n) is 7.32. The maximum atomic E-state index is 14.0. The van der Waals surface area contributed by atoms with Crippen LogP contribution in [-0.4, -0.2) is 68.9 Å². The number of amides is 2. The van der Waals surface area contributed by atoms with E-state index in [1.165, 1.54) is 0 Å². The molecule has 7 nitrogen and oxygen atoms in total. The molecule has 0 N–H and O–H groups in total. The lowest BCUT2D eigenvalue weighted by Crippen LogP contribution is -2.57. The summed E-state index contributed by atoms with van der Waals surface area (Å²) in [5.74, 6) is 0.852. The lowest BCUT2D eigenvalue weighted by atomic mass is 9.73. The van der Waals surface area contributed by atoms with Crippen molar-refractivity contribution in [2.24, 2.45) is 0 Å². The van der Waals surface area contributed by atoms with Crippen molar-refractivity contribution in [2.75, 3.05) is 51.5 Å². The largest absolute Gasteiger partial charge is 0.497 e. The van der Waals surface area contributed by atoms with E-state index in [-0.39, 0.29) is 18.4 Å². The zero-order valence-electron chi connectivity index (χ0n) is 19.0. The van der Waals surface area contributed by atoms with Crippen LogP contribution in [0.25, 0.3) is 0 Å². The van der Waals surface area contributed by atoms with Gasteiger partial charge in [0.1, 0.15) is 18.0 Å². The van der Waals surface area contributed by atoms with Crippen molar-refractivity contribution in [1.82, 2.24) is 4.90 Å². The maximum Gasteiger partial charge on any atom is 0.253 e. The number of carbonyl (C=O) groups is 2. The highest BCUT2D eigenvalue weighted by atomic mass is 16.5. The third-order valence-corrected chi connectivity index (χ3v) is 7.32. The van der Waals surface area contributed by atoms with Gasteiger partial charge in [0.25, 0.3) is 5.91 Å². The van der Waals surface area contributed by atoms with Gasteiger partial charge in [-0.1, -0.05) is 30.3 Å². The molecule has 3 saturated heterocycles. The molecule has 2 aromatic carbocycles. The van der Waals surface area contributed by atoms with Gasteiger partial charge >= 0.3 is 0 Å². The molecular weight excluding hydrogens is 420 g/mol. The van der Waals surface area contributed by atoms with E-state index in [2.05, 4.69) is 0 Å². The van der Waals surface area contributed by atoms with Crippen LogP contribution in [0.2, 0.25) is 0 Å². The molecule has 0 bridgehead atoms. The minimum absolute atomic E-state index is 0.0361. The van der Waals surface area contributed by atoms with E-state index in [1.807, 2.05) is 59.5 Å². The van der Waals surface area contributed by atoms with Crippen LogP contribution in [0.4, 0.5) is 5.69 Å². The van der Waals surface area contributed by atoms with E-state index >= 15 is 0 Å². The minimum atomic E-state index is -0.611. The normalized spacial score (nSPS) is 24.8. The first kappa shape index (κ1) is 21.9. The Morgan fingerprint density at radius 3 is 2.39 bits per heavy atom. The van der Waals surface area contributed by atoms with Crippen molar-refractivity contribution in [3.8, 4) is 5.75 Å². The Kier molecular flexibility index (Phi) is 5.85. The van der Waals surface area contributed by atoms with Gasteiger partial charge in [0.2, 0.25) is 5.91 Å². The predicted octanol–water partition coefficient (Wildman–Crippen LogP) is 2.78. The van der Waals surface area contributed by atoms with Gasteiger partial charge in [-0.25, -0.2) is 0 Å². The van der Waals surface area contributed by atoms with Gasteiger partial charge in [-0.2, -0.15) is 0 Å². The highest BCUT2D eigenvalue weighted by molar-refractivity contribution is 5.95. The number of likely N-dealkylation sites (tertiary alicyclic amines) is 1. The Morgan fingerprint density at radius 2 is 1.70 bits per heavy atom. The fourth-order valence-corrected chi connectivity index (χ4v) is 5.38. The molecule has 0 saturated carbocycles. The summed E-state index contributed by atoms with van der Waals surface area (Å²) < 4.78 is 17.0. The highest BCUT2D eigenvalue weighted by Crippen LogP contribution is 2.40. The molecule has 1 spiro atoms. The summed E-state index contributed by atoms with van der Waals surface area (Å²) >= 11 is 0. The molecule has 7 heteroatoms. The molecule has 174 valence electrons. The van der Waals surface area contributed by atoms with Crippen LogP contribution in [0.1, 0.15) is 24.8 Å². The van der Waals surface area contributed by atoms with Crippen LogP contribution >= 0.6 is 0 Å². The number of morpholine rings is 1. The number of anilines is 1. The molecule has 3 aliphatic heterocycles. The Bertz CT molecular complexity index is 1000. The van der Waals surface area contributed by atoms with Crippen LogP contribution in [0.5, 0.6) is 5.75 Å². The quantitative estimate of drug-likeness (QED) is 0.717. The van der Waals surface area contributed by atoms with E-state index in [0.717, 1.165) is 17.0 Å². The molecule has 0 aromatic heterocycles. The maximum absolute atomic E-state index is 14.0. The molecule has 2 aromatic rings. The van der Waals surface area contributed by atoms with Crippen LogP contribution in [0.15, 0.2) is 54.6 Å². The predicted molar refractivity (Wildman–Crippen MR) is 123 cm³/mol. The van der Waals surface area contributed by atoms with Crippen molar-refractivity contribution < 1.29 is 23.8 Å². The zero-order chi connectivity index (χ0) is 22.9. The monoisotopic (exact) mass is 450 g/mol. The van der Waals surface area contributed by atoms with Gasteiger partial charge < -0.3 is 24.0 Å². The number of benzene rings is 2. The Labute approximate surface area is 194 Å². The summed E-state index contributed by atoms with van der Waals surface area (Å²) in [6.45, 7) is 2.72. The number of hydrogen-bond donors (Lipinski definition) is 0. The lowest BCUT2D eigenvalue weighted by Gasteiger charge is -2.42. The van der Waals surface area contributed by atoms with E-state index in [1.54, 1.807) is 12.0 Å². The van der Waals surface area contributed by atoms with Gasteiger partial charge in [0.05, 0.1) is 25.6 Å². The second-order valence-corrected chi connectivity index (χ2v) is 9.19. The van der Waals surface area contributed by atoms with Crippen LogP contribution in [-0.2, 0) is 24.5 Å².